The summed E-state index contributed by atoms with van der Waals surface area (Å²) >= 11 is 3.35. The molecule has 1 N–H and O–H groups in total. The molecule has 1 aliphatic rings. The van der Waals surface area contributed by atoms with Crippen LogP contribution in [0.25, 0.3) is 0 Å². The predicted molar refractivity (Wildman–Crippen MR) is 91.0 cm³/mol. The molecule has 3 rings (SSSR count). The van der Waals surface area contributed by atoms with Gasteiger partial charge in [0.2, 0.25) is 5.91 Å². The Labute approximate surface area is 142 Å². The van der Waals surface area contributed by atoms with E-state index in [1.165, 1.54) is 4.90 Å². The van der Waals surface area contributed by atoms with Gasteiger partial charge < -0.3 is 5.32 Å². The van der Waals surface area contributed by atoms with Crippen molar-refractivity contribution in [2.75, 3.05) is 11.4 Å². The molecule has 1 unspecified atom stereocenters. The summed E-state index contributed by atoms with van der Waals surface area (Å²) in [5, 5.41) is 3.16. The van der Waals surface area contributed by atoms with Gasteiger partial charge in [-0.15, -0.1) is 0 Å². The van der Waals surface area contributed by atoms with Crippen LogP contribution in [-0.4, -0.2) is 29.4 Å². The molecule has 2 amide bonds. The average molecular weight is 374 g/mol. The van der Waals surface area contributed by atoms with Crippen molar-refractivity contribution >= 4 is 33.4 Å². The first-order valence-corrected chi connectivity index (χ1v) is 8.20. The molecule has 2 heterocycles. The number of nitrogens with zero attached hydrogens (tertiary/aromatic N) is 2. The number of amides is 2. The molecule has 1 aromatic carbocycles. The lowest BCUT2D eigenvalue weighted by Crippen LogP contribution is -2.39. The molecule has 1 aromatic heterocycles. The fourth-order valence-corrected chi connectivity index (χ4v) is 2.84. The molecule has 5 nitrogen and oxygen atoms in total. The number of aromatic nitrogens is 1. The maximum absolute atomic E-state index is 12.5. The highest BCUT2D eigenvalue weighted by Gasteiger charge is 2.39. The molecule has 6 heteroatoms. The number of benzene rings is 1. The lowest BCUT2D eigenvalue weighted by Gasteiger charge is -2.15. The largest absolute Gasteiger partial charge is 0.305 e. The van der Waals surface area contributed by atoms with Crippen LogP contribution in [0.1, 0.15) is 12.1 Å². The summed E-state index contributed by atoms with van der Waals surface area (Å²) in [5.74, 6) is -0.369. The zero-order valence-electron chi connectivity index (χ0n) is 12.4. The van der Waals surface area contributed by atoms with Gasteiger partial charge in [0.15, 0.2) is 0 Å². The number of imide groups is 1. The van der Waals surface area contributed by atoms with Crippen LogP contribution in [0.5, 0.6) is 0 Å². The summed E-state index contributed by atoms with van der Waals surface area (Å²) in [7, 11) is 0. The van der Waals surface area contributed by atoms with Crippen molar-refractivity contribution in [3.05, 3.63) is 58.8 Å². The normalized spacial score (nSPS) is 17.8. The van der Waals surface area contributed by atoms with Gasteiger partial charge in [-0.05, 0) is 36.4 Å². The van der Waals surface area contributed by atoms with Gasteiger partial charge >= 0.3 is 0 Å². The lowest BCUT2D eigenvalue weighted by molar-refractivity contribution is -0.121. The van der Waals surface area contributed by atoms with Crippen molar-refractivity contribution in [2.45, 2.75) is 18.9 Å². The van der Waals surface area contributed by atoms with E-state index in [-0.39, 0.29) is 18.2 Å². The maximum atomic E-state index is 12.5. The molecule has 118 valence electrons. The Morgan fingerprint density at radius 3 is 2.65 bits per heavy atom. The average Bonchev–Trinajstić information content (AvgIpc) is 2.84. The summed E-state index contributed by atoms with van der Waals surface area (Å²) in [6, 6.07) is 12.4. The van der Waals surface area contributed by atoms with Gasteiger partial charge in [0.05, 0.1) is 18.2 Å². The second-order valence-corrected chi connectivity index (χ2v) is 6.24. The van der Waals surface area contributed by atoms with Gasteiger partial charge in [-0.2, -0.15) is 0 Å². The third kappa shape index (κ3) is 3.65. The minimum Gasteiger partial charge on any atom is -0.305 e. The molecule has 0 radical (unpaired) electrons. The minimum atomic E-state index is -0.463. The van der Waals surface area contributed by atoms with Crippen LogP contribution in [0, 0.1) is 0 Å². The van der Waals surface area contributed by atoms with Gasteiger partial charge in [-0.25, -0.2) is 4.90 Å². The number of rotatable bonds is 5. The van der Waals surface area contributed by atoms with Crippen LogP contribution in [0.3, 0.4) is 0 Å². The monoisotopic (exact) mass is 373 g/mol. The molecule has 1 aliphatic heterocycles. The molecule has 1 atom stereocenters. The van der Waals surface area contributed by atoms with E-state index in [1.54, 1.807) is 18.3 Å². The maximum Gasteiger partial charge on any atom is 0.251 e. The highest BCUT2D eigenvalue weighted by molar-refractivity contribution is 9.10. The van der Waals surface area contributed by atoms with Crippen molar-refractivity contribution in [1.82, 2.24) is 10.3 Å². The van der Waals surface area contributed by atoms with E-state index in [1.807, 2.05) is 30.3 Å². The van der Waals surface area contributed by atoms with Crippen LogP contribution in [0.4, 0.5) is 5.69 Å². The zero-order valence-corrected chi connectivity index (χ0v) is 14.0. The van der Waals surface area contributed by atoms with Crippen LogP contribution in [-0.2, 0) is 16.0 Å². The topological polar surface area (TPSA) is 62.3 Å². The molecule has 1 fully saturated rings. The predicted octanol–water partition coefficient (Wildman–Crippen LogP) is 2.31. The summed E-state index contributed by atoms with van der Waals surface area (Å²) in [6.07, 6.45) is 2.66. The Morgan fingerprint density at radius 2 is 1.96 bits per heavy atom. The standard InChI is InChI=1S/C17H16BrN3O2/c18-12-4-6-14(7-5-12)21-16(22)11-15(17(21)23)20-10-8-13-3-1-2-9-19-13/h1-7,9,15,20H,8,10-11H2. The van der Waals surface area contributed by atoms with E-state index in [9.17, 15) is 9.59 Å². The van der Waals surface area contributed by atoms with E-state index in [0.717, 1.165) is 16.6 Å². The number of nitrogens with one attached hydrogen (secondary N) is 1. The Morgan fingerprint density at radius 1 is 1.17 bits per heavy atom. The highest BCUT2D eigenvalue weighted by atomic mass is 79.9. The van der Waals surface area contributed by atoms with Crippen molar-refractivity contribution in [3.63, 3.8) is 0 Å². The fraction of sp³-hybridized carbons (Fsp3) is 0.235. The summed E-state index contributed by atoms with van der Waals surface area (Å²) in [5.41, 5.74) is 1.57. The van der Waals surface area contributed by atoms with Crippen molar-refractivity contribution in [1.29, 1.82) is 0 Å². The van der Waals surface area contributed by atoms with Crippen molar-refractivity contribution < 1.29 is 9.59 Å². The van der Waals surface area contributed by atoms with Gasteiger partial charge in [-0.3, -0.25) is 14.6 Å². The third-order valence-electron chi connectivity index (χ3n) is 3.73. The molecule has 0 spiro atoms. The number of hydrogen-bond acceptors (Lipinski definition) is 4. The smallest absolute Gasteiger partial charge is 0.251 e. The second-order valence-electron chi connectivity index (χ2n) is 5.33. The second kappa shape index (κ2) is 7.02. The van der Waals surface area contributed by atoms with Crippen LogP contribution in [0.15, 0.2) is 53.1 Å². The van der Waals surface area contributed by atoms with E-state index in [0.29, 0.717) is 12.2 Å². The summed E-state index contributed by atoms with van der Waals surface area (Å²) in [6.45, 7) is 0.606. The van der Waals surface area contributed by atoms with Gasteiger partial charge in [0, 0.05) is 29.3 Å². The first-order chi connectivity index (χ1) is 11.1. The lowest BCUT2D eigenvalue weighted by atomic mass is 10.2. The third-order valence-corrected chi connectivity index (χ3v) is 4.26. The van der Waals surface area contributed by atoms with Gasteiger partial charge in [0.1, 0.15) is 0 Å². The fourth-order valence-electron chi connectivity index (χ4n) is 2.57. The molecule has 23 heavy (non-hydrogen) atoms. The Bertz CT molecular complexity index is 704. The molecular formula is C17H16BrN3O2. The first kappa shape index (κ1) is 15.8. The highest BCUT2D eigenvalue weighted by Crippen LogP contribution is 2.24. The van der Waals surface area contributed by atoms with Crippen molar-refractivity contribution in [2.24, 2.45) is 0 Å². The van der Waals surface area contributed by atoms with Crippen LogP contribution < -0.4 is 10.2 Å². The number of carbonyl (C=O) groups is 2. The van der Waals surface area contributed by atoms with Gasteiger partial charge in [-0.1, -0.05) is 22.0 Å². The van der Waals surface area contributed by atoms with E-state index in [2.05, 4.69) is 26.2 Å². The minimum absolute atomic E-state index is 0.173. The van der Waals surface area contributed by atoms with E-state index < -0.39 is 6.04 Å². The van der Waals surface area contributed by atoms with E-state index >= 15 is 0 Å². The Kier molecular flexibility index (Phi) is 4.83. The number of halogens is 1. The quantitative estimate of drug-likeness (QED) is 0.816. The number of anilines is 1. The number of hydrogen-bond donors (Lipinski definition) is 1. The van der Waals surface area contributed by atoms with Crippen molar-refractivity contribution in [3.8, 4) is 0 Å². The number of carbonyl (C=O) groups excluding carboxylic acids is 2. The summed E-state index contributed by atoms with van der Waals surface area (Å²) in [4.78, 5) is 30.1. The van der Waals surface area contributed by atoms with Crippen LogP contribution >= 0.6 is 15.9 Å². The molecule has 1 saturated heterocycles. The molecule has 2 aromatic rings. The molecule has 0 bridgehead atoms. The summed E-state index contributed by atoms with van der Waals surface area (Å²) < 4.78 is 0.908. The molecular weight excluding hydrogens is 358 g/mol. The number of pyridine rings is 1. The Hall–Kier alpha value is -2.05. The molecule has 0 saturated carbocycles. The van der Waals surface area contributed by atoms with E-state index in [4.69, 9.17) is 0 Å². The van der Waals surface area contributed by atoms with Gasteiger partial charge in [0.25, 0.3) is 5.91 Å². The van der Waals surface area contributed by atoms with Crippen LogP contribution in [0.2, 0.25) is 0 Å². The first-order valence-electron chi connectivity index (χ1n) is 7.41. The zero-order chi connectivity index (χ0) is 16.2. The SMILES string of the molecule is O=C1CC(NCCc2ccccn2)C(=O)N1c1ccc(Br)cc1. The Balaban J connectivity index is 1.61. The molecule has 0 aliphatic carbocycles.